The van der Waals surface area contributed by atoms with E-state index in [9.17, 15) is 0 Å². The average molecular weight is 285 g/mol. The van der Waals surface area contributed by atoms with Gasteiger partial charge in [-0.15, -0.1) is 0 Å². The van der Waals surface area contributed by atoms with E-state index >= 15 is 0 Å². The summed E-state index contributed by atoms with van der Waals surface area (Å²) in [7, 11) is 0. The van der Waals surface area contributed by atoms with Gasteiger partial charge in [0.25, 0.3) is 0 Å². The molecule has 6 nitrogen and oxygen atoms in total. The molecule has 0 saturated heterocycles. The van der Waals surface area contributed by atoms with Gasteiger partial charge in [-0.25, -0.2) is 4.98 Å². The molecule has 1 aromatic carbocycles. The van der Waals surface area contributed by atoms with Crippen LogP contribution in [0.15, 0.2) is 22.7 Å². The molecule has 3 rings (SSSR count). The number of nitrogens with two attached hydrogens (primary N) is 1. The van der Waals surface area contributed by atoms with Gasteiger partial charge in [0.1, 0.15) is 5.82 Å². The molecule has 0 atom stereocenters. The number of fused-ring (bicyclic) bond motifs is 1. The van der Waals surface area contributed by atoms with Crippen molar-refractivity contribution in [1.82, 2.24) is 19.7 Å². The Morgan fingerprint density at radius 1 is 1.29 bits per heavy atom. The van der Waals surface area contributed by atoms with Gasteiger partial charge in [-0.3, -0.25) is 0 Å². The number of imidazole rings is 1. The summed E-state index contributed by atoms with van der Waals surface area (Å²) in [6.07, 6.45) is 0.691. The highest BCUT2D eigenvalue weighted by Crippen LogP contribution is 2.24. The van der Waals surface area contributed by atoms with E-state index in [1.807, 2.05) is 25.1 Å². The van der Waals surface area contributed by atoms with E-state index in [0.29, 0.717) is 24.1 Å². The Kier molecular flexibility index (Phi) is 3.37. The number of benzene rings is 1. The van der Waals surface area contributed by atoms with E-state index in [1.54, 1.807) is 0 Å². The third kappa shape index (κ3) is 2.61. The second-order valence-electron chi connectivity index (χ2n) is 5.51. The number of anilines is 1. The van der Waals surface area contributed by atoms with Gasteiger partial charge in [-0.2, -0.15) is 4.98 Å². The first-order valence-electron chi connectivity index (χ1n) is 7.09. The van der Waals surface area contributed by atoms with Gasteiger partial charge in [-0.05, 0) is 25.1 Å². The Labute approximate surface area is 123 Å². The monoisotopic (exact) mass is 285 g/mol. The highest BCUT2D eigenvalue weighted by Gasteiger charge is 2.14. The molecule has 3 aromatic rings. The maximum absolute atomic E-state index is 5.84. The van der Waals surface area contributed by atoms with Gasteiger partial charge in [0.2, 0.25) is 5.89 Å². The molecule has 0 fully saturated rings. The summed E-state index contributed by atoms with van der Waals surface area (Å²) in [6, 6.07) is 5.83. The van der Waals surface area contributed by atoms with Gasteiger partial charge in [0.15, 0.2) is 5.82 Å². The fourth-order valence-corrected chi connectivity index (χ4v) is 2.49. The molecule has 2 aromatic heterocycles. The molecular weight excluding hydrogens is 266 g/mol. The Hall–Kier alpha value is -2.37. The van der Waals surface area contributed by atoms with Crippen LogP contribution in [0.4, 0.5) is 5.69 Å². The van der Waals surface area contributed by atoms with Gasteiger partial charge in [0, 0.05) is 24.6 Å². The SMILES string of the molecule is Cc1noc(CCn2c(C(C)C)nc3cc(N)ccc32)n1. The number of nitrogens with zero attached hydrogens (tertiary/aromatic N) is 4. The summed E-state index contributed by atoms with van der Waals surface area (Å²) < 4.78 is 7.39. The van der Waals surface area contributed by atoms with Crippen molar-refractivity contribution in [2.24, 2.45) is 0 Å². The predicted molar refractivity (Wildman–Crippen MR) is 81.0 cm³/mol. The number of hydrogen-bond donors (Lipinski definition) is 1. The minimum atomic E-state index is 0.336. The van der Waals surface area contributed by atoms with Crippen molar-refractivity contribution in [3.63, 3.8) is 0 Å². The molecule has 0 aliphatic heterocycles. The van der Waals surface area contributed by atoms with E-state index in [4.69, 9.17) is 15.2 Å². The maximum Gasteiger partial charge on any atom is 0.228 e. The quantitative estimate of drug-likeness (QED) is 0.745. The Bertz CT molecular complexity index is 772. The number of aromatic nitrogens is 4. The van der Waals surface area contributed by atoms with Crippen molar-refractivity contribution in [3.05, 3.63) is 35.7 Å². The summed E-state index contributed by atoms with van der Waals surface area (Å²) in [6.45, 7) is 6.85. The Morgan fingerprint density at radius 2 is 2.10 bits per heavy atom. The first kappa shape index (κ1) is 13.6. The highest BCUT2D eigenvalue weighted by molar-refractivity contribution is 5.79. The van der Waals surface area contributed by atoms with Crippen LogP contribution in [0.1, 0.15) is 37.3 Å². The third-order valence-electron chi connectivity index (χ3n) is 3.44. The molecule has 0 spiro atoms. The fraction of sp³-hybridized carbons (Fsp3) is 0.400. The minimum absolute atomic E-state index is 0.336. The average Bonchev–Trinajstić information content (AvgIpc) is 2.99. The summed E-state index contributed by atoms with van der Waals surface area (Å²) >= 11 is 0. The molecule has 0 saturated carbocycles. The maximum atomic E-state index is 5.84. The second kappa shape index (κ2) is 5.20. The molecule has 0 aliphatic rings. The van der Waals surface area contributed by atoms with Crippen LogP contribution in [0.2, 0.25) is 0 Å². The summed E-state index contributed by atoms with van der Waals surface area (Å²) in [5, 5.41) is 3.82. The van der Waals surface area contributed by atoms with Crippen LogP contribution in [0.25, 0.3) is 11.0 Å². The van der Waals surface area contributed by atoms with Crippen LogP contribution < -0.4 is 5.73 Å². The molecule has 0 aliphatic carbocycles. The van der Waals surface area contributed by atoms with Gasteiger partial charge < -0.3 is 14.8 Å². The first-order chi connectivity index (χ1) is 10.0. The van der Waals surface area contributed by atoms with E-state index in [-0.39, 0.29) is 0 Å². The zero-order valence-electron chi connectivity index (χ0n) is 12.5. The zero-order valence-corrected chi connectivity index (χ0v) is 12.5. The van der Waals surface area contributed by atoms with Crippen LogP contribution in [-0.4, -0.2) is 19.7 Å². The van der Waals surface area contributed by atoms with Crippen molar-refractivity contribution in [2.45, 2.75) is 39.7 Å². The fourth-order valence-electron chi connectivity index (χ4n) is 2.49. The molecule has 21 heavy (non-hydrogen) atoms. The highest BCUT2D eigenvalue weighted by atomic mass is 16.5. The number of rotatable bonds is 4. The lowest BCUT2D eigenvalue weighted by Crippen LogP contribution is -2.08. The summed E-state index contributed by atoms with van der Waals surface area (Å²) in [5.41, 5.74) is 8.59. The van der Waals surface area contributed by atoms with Crippen molar-refractivity contribution >= 4 is 16.7 Å². The molecule has 6 heteroatoms. The third-order valence-corrected chi connectivity index (χ3v) is 3.44. The topological polar surface area (TPSA) is 82.8 Å². The van der Waals surface area contributed by atoms with E-state index < -0.39 is 0 Å². The van der Waals surface area contributed by atoms with Crippen molar-refractivity contribution in [2.75, 3.05) is 5.73 Å². The molecule has 2 heterocycles. The van der Waals surface area contributed by atoms with Crippen LogP contribution in [0.3, 0.4) is 0 Å². The van der Waals surface area contributed by atoms with E-state index in [1.165, 1.54) is 0 Å². The summed E-state index contributed by atoms with van der Waals surface area (Å²) in [5.74, 6) is 2.70. The van der Waals surface area contributed by atoms with Crippen molar-refractivity contribution in [1.29, 1.82) is 0 Å². The summed E-state index contributed by atoms with van der Waals surface area (Å²) in [4.78, 5) is 8.95. The lowest BCUT2D eigenvalue weighted by Gasteiger charge is -2.10. The number of aryl methyl sites for hydroxylation is 3. The first-order valence-corrected chi connectivity index (χ1v) is 7.09. The Balaban J connectivity index is 1.97. The van der Waals surface area contributed by atoms with Crippen molar-refractivity contribution in [3.8, 4) is 0 Å². The lowest BCUT2D eigenvalue weighted by atomic mass is 10.2. The van der Waals surface area contributed by atoms with Crippen LogP contribution >= 0.6 is 0 Å². The molecule has 0 radical (unpaired) electrons. The predicted octanol–water partition coefficient (Wildman–Crippen LogP) is 2.68. The van der Waals surface area contributed by atoms with Gasteiger partial charge >= 0.3 is 0 Å². The molecule has 0 bridgehead atoms. The standard InChI is InChI=1S/C15H19N5O/c1-9(2)15-18-12-8-11(16)4-5-13(12)20(15)7-6-14-17-10(3)19-21-14/h4-5,8-9H,6-7,16H2,1-3H3. The smallest absolute Gasteiger partial charge is 0.228 e. The molecular formula is C15H19N5O. The lowest BCUT2D eigenvalue weighted by molar-refractivity contribution is 0.368. The molecule has 110 valence electrons. The molecule has 0 unspecified atom stereocenters. The van der Waals surface area contributed by atoms with E-state index in [0.717, 1.165) is 29.1 Å². The largest absolute Gasteiger partial charge is 0.399 e. The van der Waals surface area contributed by atoms with E-state index in [2.05, 4.69) is 28.6 Å². The van der Waals surface area contributed by atoms with Crippen LogP contribution in [-0.2, 0) is 13.0 Å². The minimum Gasteiger partial charge on any atom is -0.399 e. The van der Waals surface area contributed by atoms with Crippen LogP contribution in [0.5, 0.6) is 0 Å². The van der Waals surface area contributed by atoms with Gasteiger partial charge in [0.05, 0.1) is 11.0 Å². The van der Waals surface area contributed by atoms with Crippen molar-refractivity contribution < 1.29 is 4.52 Å². The zero-order chi connectivity index (χ0) is 15.0. The number of hydrogen-bond acceptors (Lipinski definition) is 5. The Morgan fingerprint density at radius 3 is 2.76 bits per heavy atom. The van der Waals surface area contributed by atoms with Gasteiger partial charge in [-0.1, -0.05) is 19.0 Å². The normalized spacial score (nSPS) is 11.6. The molecule has 0 amide bonds. The number of nitrogen functional groups attached to an aromatic ring is 1. The molecule has 2 N–H and O–H groups in total. The second-order valence-corrected chi connectivity index (χ2v) is 5.51. The van der Waals surface area contributed by atoms with Crippen LogP contribution in [0, 0.1) is 6.92 Å².